The molecule has 0 fully saturated rings. The summed E-state index contributed by atoms with van der Waals surface area (Å²) in [5.74, 6) is 7.67. The Morgan fingerprint density at radius 3 is 3.08 bits per heavy atom. The molecule has 0 atom stereocenters. The number of rotatable bonds is 3. The second-order valence-electron chi connectivity index (χ2n) is 2.60. The summed E-state index contributed by atoms with van der Waals surface area (Å²) in [5.41, 5.74) is 0. The van der Waals surface area contributed by atoms with Crippen LogP contribution in [-0.4, -0.2) is 15.4 Å². The van der Waals surface area contributed by atoms with E-state index in [-0.39, 0.29) is 0 Å². The highest BCUT2D eigenvalue weighted by Gasteiger charge is 1.96. The van der Waals surface area contributed by atoms with Crippen molar-refractivity contribution in [3.8, 4) is 11.8 Å². The first kappa shape index (κ1) is 10.1. The van der Waals surface area contributed by atoms with E-state index in [1.54, 1.807) is 0 Å². The third-order valence-corrected chi connectivity index (χ3v) is 1.92. The van der Waals surface area contributed by atoms with Crippen LogP contribution in [0.4, 0.5) is 0 Å². The summed E-state index contributed by atoms with van der Waals surface area (Å²) < 4.78 is 2.09. The van der Waals surface area contributed by atoms with Crippen LogP contribution in [-0.2, 0) is 13.0 Å². The van der Waals surface area contributed by atoms with E-state index >= 15 is 0 Å². The predicted octanol–water partition coefficient (Wildman–Crippen LogP) is 2.08. The normalized spacial score (nSPS) is 9.38. The van der Waals surface area contributed by atoms with Crippen LogP contribution in [0, 0.1) is 11.8 Å². The van der Waals surface area contributed by atoms with Crippen molar-refractivity contribution in [2.24, 2.45) is 0 Å². The first-order valence-electron chi connectivity index (χ1n) is 4.40. The van der Waals surface area contributed by atoms with Crippen molar-refractivity contribution in [3.05, 3.63) is 18.2 Å². The summed E-state index contributed by atoms with van der Waals surface area (Å²) in [6.45, 7) is 3.05. The van der Waals surface area contributed by atoms with Crippen LogP contribution in [0.2, 0.25) is 0 Å². The molecule has 1 rings (SSSR count). The van der Waals surface area contributed by atoms with E-state index < -0.39 is 0 Å². The van der Waals surface area contributed by atoms with Gasteiger partial charge in [-0.2, -0.15) is 0 Å². The van der Waals surface area contributed by atoms with Gasteiger partial charge in [0.25, 0.3) is 0 Å². The van der Waals surface area contributed by atoms with E-state index in [0.29, 0.717) is 5.88 Å². The first-order valence-corrected chi connectivity index (χ1v) is 4.93. The molecule has 2 nitrogen and oxygen atoms in total. The van der Waals surface area contributed by atoms with Gasteiger partial charge in [-0.05, 0) is 6.92 Å². The zero-order chi connectivity index (χ0) is 9.52. The van der Waals surface area contributed by atoms with Gasteiger partial charge in [-0.25, -0.2) is 4.98 Å². The molecule has 0 N–H and O–H groups in total. The molecule has 1 aromatic rings. The number of imidazole rings is 1. The SMILES string of the molecule is CCn1ccnc1CC#CCCCl. The highest BCUT2D eigenvalue weighted by molar-refractivity contribution is 6.18. The number of alkyl halides is 1. The van der Waals surface area contributed by atoms with E-state index in [2.05, 4.69) is 28.3 Å². The van der Waals surface area contributed by atoms with E-state index in [1.807, 2.05) is 12.4 Å². The number of nitrogens with zero attached hydrogens (tertiary/aromatic N) is 2. The maximum Gasteiger partial charge on any atom is 0.120 e. The van der Waals surface area contributed by atoms with Crippen LogP contribution in [0.1, 0.15) is 19.2 Å². The molecule has 0 saturated carbocycles. The fourth-order valence-corrected chi connectivity index (χ4v) is 1.17. The van der Waals surface area contributed by atoms with Crippen molar-refractivity contribution in [1.82, 2.24) is 9.55 Å². The molecule has 0 unspecified atom stereocenters. The molecule has 0 radical (unpaired) electrons. The monoisotopic (exact) mass is 196 g/mol. The van der Waals surface area contributed by atoms with Gasteiger partial charge in [-0.3, -0.25) is 0 Å². The minimum Gasteiger partial charge on any atom is -0.334 e. The molecule has 1 aromatic heterocycles. The summed E-state index contributed by atoms with van der Waals surface area (Å²) in [5, 5.41) is 0. The van der Waals surface area contributed by atoms with Gasteiger partial charge in [-0.15, -0.1) is 17.5 Å². The number of hydrogen-bond acceptors (Lipinski definition) is 1. The lowest BCUT2D eigenvalue weighted by Crippen LogP contribution is -1.99. The van der Waals surface area contributed by atoms with Gasteiger partial charge in [0, 0.05) is 31.2 Å². The molecular weight excluding hydrogens is 184 g/mol. The Kier molecular flexibility index (Phi) is 4.42. The quantitative estimate of drug-likeness (QED) is 0.535. The van der Waals surface area contributed by atoms with Crippen molar-refractivity contribution in [2.45, 2.75) is 26.3 Å². The zero-order valence-electron chi connectivity index (χ0n) is 7.76. The molecule has 13 heavy (non-hydrogen) atoms. The van der Waals surface area contributed by atoms with E-state index in [0.717, 1.165) is 25.2 Å². The Bertz CT molecular complexity index is 306. The van der Waals surface area contributed by atoms with Crippen LogP contribution >= 0.6 is 11.6 Å². The predicted molar refractivity (Wildman–Crippen MR) is 54.7 cm³/mol. The Morgan fingerprint density at radius 2 is 2.38 bits per heavy atom. The van der Waals surface area contributed by atoms with Crippen molar-refractivity contribution in [3.63, 3.8) is 0 Å². The summed E-state index contributed by atoms with van der Waals surface area (Å²) >= 11 is 5.50. The first-order chi connectivity index (χ1) is 6.38. The van der Waals surface area contributed by atoms with E-state index in [9.17, 15) is 0 Å². The number of hydrogen-bond donors (Lipinski definition) is 0. The fourth-order valence-electron chi connectivity index (χ4n) is 1.07. The van der Waals surface area contributed by atoms with Crippen LogP contribution in [0.3, 0.4) is 0 Å². The Morgan fingerprint density at radius 1 is 1.54 bits per heavy atom. The fraction of sp³-hybridized carbons (Fsp3) is 0.500. The number of aryl methyl sites for hydroxylation is 1. The molecule has 0 aromatic carbocycles. The molecule has 0 amide bonds. The standard InChI is InChI=1S/C10H13ClN2/c1-2-13-9-8-12-10(13)6-4-3-5-7-11/h8-9H,2,5-7H2,1H3. The van der Waals surface area contributed by atoms with Crippen LogP contribution in [0.5, 0.6) is 0 Å². The highest BCUT2D eigenvalue weighted by Crippen LogP contribution is 1.97. The molecule has 0 aliphatic carbocycles. The number of aromatic nitrogens is 2. The molecule has 70 valence electrons. The second-order valence-corrected chi connectivity index (χ2v) is 2.98. The lowest BCUT2D eigenvalue weighted by Gasteiger charge is -1.99. The minimum atomic E-state index is 0.606. The molecular formula is C10H13ClN2. The van der Waals surface area contributed by atoms with Crippen LogP contribution < -0.4 is 0 Å². The number of halogens is 1. The van der Waals surface area contributed by atoms with Crippen molar-refractivity contribution < 1.29 is 0 Å². The largest absolute Gasteiger partial charge is 0.334 e. The van der Waals surface area contributed by atoms with Gasteiger partial charge >= 0.3 is 0 Å². The van der Waals surface area contributed by atoms with Gasteiger partial charge in [-0.1, -0.05) is 5.92 Å². The lowest BCUT2D eigenvalue weighted by atomic mass is 10.3. The Hall–Kier alpha value is -0.940. The molecule has 0 bridgehead atoms. The van der Waals surface area contributed by atoms with Gasteiger partial charge in [0.15, 0.2) is 0 Å². The van der Waals surface area contributed by atoms with Crippen molar-refractivity contribution in [1.29, 1.82) is 0 Å². The van der Waals surface area contributed by atoms with Gasteiger partial charge in [0.1, 0.15) is 5.82 Å². The molecule has 0 saturated heterocycles. The lowest BCUT2D eigenvalue weighted by molar-refractivity contribution is 0.719. The van der Waals surface area contributed by atoms with E-state index in [4.69, 9.17) is 11.6 Å². The van der Waals surface area contributed by atoms with Crippen LogP contribution in [0.25, 0.3) is 0 Å². The van der Waals surface area contributed by atoms with Crippen molar-refractivity contribution >= 4 is 11.6 Å². The molecule has 3 heteroatoms. The topological polar surface area (TPSA) is 17.8 Å². The zero-order valence-corrected chi connectivity index (χ0v) is 8.51. The highest BCUT2D eigenvalue weighted by atomic mass is 35.5. The average Bonchev–Trinajstić information content (AvgIpc) is 2.60. The third kappa shape index (κ3) is 3.12. The molecule has 0 aliphatic rings. The second kappa shape index (κ2) is 5.66. The molecule has 1 heterocycles. The summed E-state index contributed by atoms with van der Waals surface area (Å²) in [6, 6.07) is 0. The third-order valence-electron chi connectivity index (χ3n) is 1.73. The van der Waals surface area contributed by atoms with E-state index in [1.165, 1.54) is 0 Å². The summed E-state index contributed by atoms with van der Waals surface area (Å²) in [4.78, 5) is 4.21. The summed E-state index contributed by atoms with van der Waals surface area (Å²) in [6.07, 6.45) is 5.26. The molecule has 0 aliphatic heterocycles. The Labute approximate surface area is 83.9 Å². The van der Waals surface area contributed by atoms with Gasteiger partial charge in [0.05, 0.1) is 6.42 Å². The maximum atomic E-state index is 5.50. The van der Waals surface area contributed by atoms with Crippen molar-refractivity contribution in [2.75, 3.05) is 5.88 Å². The smallest absolute Gasteiger partial charge is 0.120 e. The molecule has 0 spiro atoms. The summed E-state index contributed by atoms with van der Waals surface area (Å²) in [7, 11) is 0. The minimum absolute atomic E-state index is 0.606. The Balaban J connectivity index is 2.50. The maximum absolute atomic E-state index is 5.50. The van der Waals surface area contributed by atoms with Gasteiger partial charge in [0.2, 0.25) is 0 Å². The van der Waals surface area contributed by atoms with Gasteiger partial charge < -0.3 is 4.57 Å². The average molecular weight is 197 g/mol. The van der Waals surface area contributed by atoms with Crippen LogP contribution in [0.15, 0.2) is 12.4 Å².